The molecule has 1 aromatic heterocycles. The second-order valence-corrected chi connectivity index (χ2v) is 4.76. The maximum absolute atomic E-state index is 12.2. The van der Waals surface area contributed by atoms with Crippen LogP contribution in [0.25, 0.3) is 0 Å². The summed E-state index contributed by atoms with van der Waals surface area (Å²) in [5.74, 6) is -2.17. The van der Waals surface area contributed by atoms with Crippen LogP contribution in [0.5, 0.6) is 0 Å². The van der Waals surface area contributed by atoms with Crippen LogP contribution in [0.4, 0.5) is 0 Å². The summed E-state index contributed by atoms with van der Waals surface area (Å²) < 4.78 is 6.31. The summed E-state index contributed by atoms with van der Waals surface area (Å²) >= 11 is 0. The van der Waals surface area contributed by atoms with E-state index in [9.17, 15) is 14.4 Å². The summed E-state index contributed by atoms with van der Waals surface area (Å²) in [4.78, 5) is 41.5. The fourth-order valence-corrected chi connectivity index (χ4v) is 2.24. The van der Waals surface area contributed by atoms with Gasteiger partial charge in [-0.2, -0.15) is 5.10 Å². The highest BCUT2D eigenvalue weighted by atomic mass is 16.7. The molecule has 0 bridgehead atoms. The lowest BCUT2D eigenvalue weighted by Crippen LogP contribution is -2.33. The molecule has 1 aromatic carbocycles. The number of aromatic nitrogens is 2. The Kier molecular flexibility index (Phi) is 3.90. The summed E-state index contributed by atoms with van der Waals surface area (Å²) in [5, 5.41) is 4.45. The Morgan fingerprint density at radius 3 is 2.39 bits per heavy atom. The van der Waals surface area contributed by atoms with E-state index < -0.39 is 17.8 Å². The van der Waals surface area contributed by atoms with E-state index in [0.29, 0.717) is 18.2 Å². The Labute approximate surface area is 131 Å². The first kappa shape index (κ1) is 14.9. The number of fused-ring (bicyclic) bond motifs is 1. The number of ether oxygens (including phenoxy) is 1. The summed E-state index contributed by atoms with van der Waals surface area (Å²) in [5.41, 5.74) is 0.537. The van der Waals surface area contributed by atoms with Crippen LogP contribution in [-0.4, -0.2) is 46.3 Å². The van der Waals surface area contributed by atoms with Crippen LogP contribution in [0.1, 0.15) is 31.2 Å². The Bertz CT molecular complexity index is 748. The zero-order valence-corrected chi connectivity index (χ0v) is 12.3. The Hall–Kier alpha value is -3.00. The second-order valence-electron chi connectivity index (χ2n) is 4.76. The van der Waals surface area contributed by atoms with E-state index in [1.807, 2.05) is 0 Å². The van der Waals surface area contributed by atoms with Crippen LogP contribution < -0.4 is 0 Å². The zero-order valence-electron chi connectivity index (χ0n) is 12.3. The van der Waals surface area contributed by atoms with Gasteiger partial charge in [0.05, 0.1) is 24.3 Å². The predicted molar refractivity (Wildman–Crippen MR) is 76.5 cm³/mol. The molecule has 0 spiro atoms. The molecule has 3 rings (SSSR count). The molecule has 23 heavy (non-hydrogen) atoms. The average Bonchev–Trinajstić information content (AvgIpc) is 3.12. The highest BCUT2D eigenvalue weighted by Gasteiger charge is 2.39. The Balaban J connectivity index is 1.78. The number of benzene rings is 1. The van der Waals surface area contributed by atoms with E-state index in [0.717, 1.165) is 0 Å². The molecule has 2 heterocycles. The smallest absolute Gasteiger partial charge is 0.381 e. The summed E-state index contributed by atoms with van der Waals surface area (Å²) in [6.07, 6.45) is 1.43. The van der Waals surface area contributed by atoms with Gasteiger partial charge >= 0.3 is 5.97 Å². The largest absolute Gasteiger partial charge is 0.383 e. The van der Waals surface area contributed by atoms with Crippen LogP contribution >= 0.6 is 0 Å². The highest BCUT2D eigenvalue weighted by Crippen LogP contribution is 2.23. The van der Waals surface area contributed by atoms with Crippen molar-refractivity contribution in [2.24, 2.45) is 0 Å². The monoisotopic (exact) mass is 315 g/mol. The molecule has 0 atom stereocenters. The fraction of sp³-hybridized carbons (Fsp3) is 0.200. The van der Waals surface area contributed by atoms with Crippen molar-refractivity contribution in [1.29, 1.82) is 0 Å². The number of carbonyl (C=O) groups is 3. The minimum absolute atomic E-state index is 0.124. The quantitative estimate of drug-likeness (QED) is 0.761. The lowest BCUT2D eigenvalue weighted by Gasteiger charge is -2.13. The molecule has 0 saturated carbocycles. The molecule has 0 unspecified atom stereocenters. The maximum atomic E-state index is 12.2. The second kappa shape index (κ2) is 6.01. The molecule has 0 radical (unpaired) electrons. The fourth-order valence-electron chi connectivity index (χ4n) is 2.24. The average molecular weight is 315 g/mol. The van der Waals surface area contributed by atoms with Crippen molar-refractivity contribution in [3.05, 3.63) is 53.3 Å². The molecule has 0 fully saturated rings. The lowest BCUT2D eigenvalue weighted by atomic mass is 10.1. The molecular formula is C15H13N3O5. The van der Waals surface area contributed by atoms with Gasteiger partial charge in [-0.05, 0) is 18.2 Å². The normalized spacial score (nSPS) is 13.3. The minimum atomic E-state index is -0.840. The summed E-state index contributed by atoms with van der Waals surface area (Å²) in [7, 11) is 1.53. The number of imide groups is 1. The van der Waals surface area contributed by atoms with E-state index >= 15 is 0 Å². The van der Waals surface area contributed by atoms with Gasteiger partial charge < -0.3 is 9.57 Å². The maximum Gasteiger partial charge on any atom is 0.381 e. The van der Waals surface area contributed by atoms with Gasteiger partial charge in [-0.15, -0.1) is 0 Å². The molecule has 118 valence electrons. The van der Waals surface area contributed by atoms with E-state index in [1.54, 1.807) is 12.1 Å². The molecular weight excluding hydrogens is 302 g/mol. The number of hydrogen-bond acceptors (Lipinski definition) is 6. The molecule has 0 N–H and O–H groups in total. The summed E-state index contributed by atoms with van der Waals surface area (Å²) in [6, 6.07) is 7.72. The molecule has 0 aliphatic carbocycles. The molecule has 8 heteroatoms. The van der Waals surface area contributed by atoms with Crippen molar-refractivity contribution in [3.63, 3.8) is 0 Å². The van der Waals surface area contributed by atoms with E-state index in [-0.39, 0.29) is 16.8 Å². The van der Waals surface area contributed by atoms with Crippen molar-refractivity contribution in [2.45, 2.75) is 6.54 Å². The zero-order chi connectivity index (χ0) is 16.4. The van der Waals surface area contributed by atoms with Gasteiger partial charge in [0.15, 0.2) is 0 Å². The number of carbonyl (C=O) groups excluding carboxylic acids is 3. The number of amides is 2. The third-order valence-corrected chi connectivity index (χ3v) is 3.36. The van der Waals surface area contributed by atoms with Gasteiger partial charge in [-0.25, -0.2) is 4.79 Å². The van der Waals surface area contributed by atoms with Gasteiger partial charge in [-0.3, -0.25) is 14.3 Å². The third kappa shape index (κ3) is 2.59. The van der Waals surface area contributed by atoms with E-state index in [4.69, 9.17) is 9.57 Å². The Morgan fingerprint density at radius 1 is 1.13 bits per heavy atom. The van der Waals surface area contributed by atoms with Crippen molar-refractivity contribution >= 4 is 17.8 Å². The van der Waals surface area contributed by atoms with Crippen LogP contribution in [0, 0.1) is 0 Å². The Morgan fingerprint density at radius 2 is 1.78 bits per heavy atom. The van der Waals surface area contributed by atoms with Crippen LogP contribution in [0.15, 0.2) is 36.5 Å². The highest BCUT2D eigenvalue weighted by molar-refractivity contribution is 6.21. The van der Waals surface area contributed by atoms with Crippen LogP contribution in [0.3, 0.4) is 0 Å². The molecule has 1 aliphatic rings. The van der Waals surface area contributed by atoms with Crippen molar-refractivity contribution in [2.75, 3.05) is 13.7 Å². The molecule has 0 saturated heterocycles. The SMILES string of the molecule is COCCn1nccc1C(=O)ON1C(=O)c2ccccc2C1=O. The number of rotatable bonds is 5. The number of hydroxylamine groups is 2. The first-order chi connectivity index (χ1) is 11.1. The van der Waals surface area contributed by atoms with Crippen LogP contribution in [-0.2, 0) is 16.1 Å². The topological polar surface area (TPSA) is 90.7 Å². The van der Waals surface area contributed by atoms with Crippen molar-refractivity contribution in [3.8, 4) is 0 Å². The molecule has 1 aliphatic heterocycles. The predicted octanol–water partition coefficient (Wildman–Crippen LogP) is 0.897. The lowest BCUT2D eigenvalue weighted by molar-refractivity contribution is -0.0593. The number of methoxy groups -OCH3 is 1. The number of hydrogen-bond donors (Lipinski definition) is 0. The van der Waals surface area contributed by atoms with Gasteiger partial charge in [-0.1, -0.05) is 17.2 Å². The van der Waals surface area contributed by atoms with Gasteiger partial charge in [0.25, 0.3) is 11.8 Å². The molecule has 2 aromatic rings. The van der Waals surface area contributed by atoms with E-state index in [2.05, 4.69) is 5.10 Å². The third-order valence-electron chi connectivity index (χ3n) is 3.36. The van der Waals surface area contributed by atoms with Crippen molar-refractivity contribution < 1.29 is 24.0 Å². The number of nitrogens with zero attached hydrogens (tertiary/aromatic N) is 3. The van der Waals surface area contributed by atoms with Gasteiger partial charge in [0.1, 0.15) is 5.69 Å². The van der Waals surface area contributed by atoms with Gasteiger partial charge in [0, 0.05) is 13.3 Å². The minimum Gasteiger partial charge on any atom is -0.383 e. The standard InChI is InChI=1S/C15H13N3O5/c1-22-9-8-17-12(6-7-16-17)15(21)23-18-13(19)10-4-2-3-5-11(10)14(18)20/h2-7H,8-9H2,1H3. The molecule has 2 amide bonds. The van der Waals surface area contributed by atoms with Gasteiger partial charge in [0.2, 0.25) is 0 Å². The van der Waals surface area contributed by atoms with Crippen molar-refractivity contribution in [1.82, 2.24) is 14.8 Å². The van der Waals surface area contributed by atoms with Crippen LogP contribution in [0.2, 0.25) is 0 Å². The first-order valence-electron chi connectivity index (χ1n) is 6.84. The molecule has 8 nitrogen and oxygen atoms in total. The summed E-state index contributed by atoms with van der Waals surface area (Å²) in [6.45, 7) is 0.699. The first-order valence-corrected chi connectivity index (χ1v) is 6.84. The van der Waals surface area contributed by atoms with E-state index in [1.165, 1.54) is 36.2 Å².